The molecule has 1 saturated heterocycles. The molecule has 2 aromatic heterocycles. The maximum absolute atomic E-state index is 12.9. The highest BCUT2D eigenvalue weighted by atomic mass is 35.5. The molecule has 6 nitrogen and oxygen atoms in total. The molecule has 0 radical (unpaired) electrons. The molecule has 1 amide bonds. The van der Waals surface area contributed by atoms with Gasteiger partial charge in [-0.3, -0.25) is 4.79 Å². The molecule has 0 N–H and O–H groups in total. The van der Waals surface area contributed by atoms with Crippen LogP contribution in [-0.4, -0.2) is 35.8 Å². The molecule has 0 bridgehead atoms. The number of fused-ring (bicyclic) bond motifs is 1. The van der Waals surface area contributed by atoms with Gasteiger partial charge in [-0.2, -0.15) is 9.30 Å². The molecule has 1 aromatic carbocycles. The van der Waals surface area contributed by atoms with Crippen LogP contribution in [0.2, 0.25) is 10.0 Å². The molecule has 1 aliphatic heterocycles. The van der Waals surface area contributed by atoms with Crippen molar-refractivity contribution < 1.29 is 13.2 Å². The summed E-state index contributed by atoms with van der Waals surface area (Å²) in [6, 6.07) is 5.81. The van der Waals surface area contributed by atoms with E-state index in [1.807, 2.05) is 0 Å². The summed E-state index contributed by atoms with van der Waals surface area (Å²) in [6.07, 6.45) is 1.07. The van der Waals surface area contributed by atoms with Crippen molar-refractivity contribution in [3.05, 3.63) is 44.5 Å². The second-order valence-corrected chi connectivity index (χ2v) is 11.2. The fourth-order valence-electron chi connectivity index (χ4n) is 3.25. The van der Waals surface area contributed by atoms with E-state index >= 15 is 0 Å². The number of nitrogens with zero attached hydrogens (tertiary/aromatic N) is 3. The van der Waals surface area contributed by atoms with Gasteiger partial charge in [-0.15, -0.1) is 11.3 Å². The number of aryl methyl sites for hydroxylation is 1. The van der Waals surface area contributed by atoms with Crippen molar-refractivity contribution >= 4 is 72.0 Å². The molecular formula is C17H15Cl2N3O3S3. The second kappa shape index (κ2) is 7.55. The summed E-state index contributed by atoms with van der Waals surface area (Å²) in [5.74, 6) is -0.480. The Kier molecular flexibility index (Phi) is 5.41. The van der Waals surface area contributed by atoms with Crippen molar-refractivity contribution in [3.63, 3.8) is 0 Å². The number of hydrogen-bond donors (Lipinski definition) is 0. The van der Waals surface area contributed by atoms with E-state index < -0.39 is 22.0 Å². The molecule has 1 unspecified atom stereocenters. The Morgan fingerprint density at radius 2 is 2.00 bits per heavy atom. The van der Waals surface area contributed by atoms with Crippen LogP contribution in [0.1, 0.15) is 12.8 Å². The summed E-state index contributed by atoms with van der Waals surface area (Å²) >= 11 is 14.9. The van der Waals surface area contributed by atoms with Crippen LogP contribution in [0.4, 0.5) is 0 Å². The van der Waals surface area contributed by atoms with Gasteiger partial charge in [-0.25, -0.2) is 8.42 Å². The van der Waals surface area contributed by atoms with Gasteiger partial charge in [-0.05, 0) is 36.4 Å². The molecule has 28 heavy (non-hydrogen) atoms. The first-order chi connectivity index (χ1) is 13.3. The number of carbonyl (C=O) groups excluding carboxylic acids is 1. The smallest absolute Gasteiger partial charge is 0.266 e. The average Bonchev–Trinajstić information content (AvgIpc) is 3.39. The predicted octanol–water partition coefficient (Wildman–Crippen LogP) is 3.89. The molecule has 0 aliphatic carbocycles. The molecular weight excluding hydrogens is 461 g/mol. The minimum atomic E-state index is -3.70. The summed E-state index contributed by atoms with van der Waals surface area (Å²) < 4.78 is 29.7. The van der Waals surface area contributed by atoms with E-state index in [9.17, 15) is 13.2 Å². The molecule has 4 rings (SSSR count). The van der Waals surface area contributed by atoms with E-state index in [0.717, 1.165) is 16.0 Å². The number of amides is 1. The molecule has 3 aromatic rings. The number of thiazole rings is 1. The van der Waals surface area contributed by atoms with Crippen molar-refractivity contribution in [3.8, 4) is 0 Å². The van der Waals surface area contributed by atoms with E-state index in [-0.39, 0.29) is 4.21 Å². The third kappa shape index (κ3) is 3.34. The number of rotatable bonds is 3. The first kappa shape index (κ1) is 20.1. The van der Waals surface area contributed by atoms with Gasteiger partial charge in [0.05, 0.1) is 20.3 Å². The Labute approximate surface area is 179 Å². The van der Waals surface area contributed by atoms with E-state index in [2.05, 4.69) is 4.99 Å². The average molecular weight is 476 g/mol. The van der Waals surface area contributed by atoms with Crippen molar-refractivity contribution in [1.82, 2.24) is 8.87 Å². The molecule has 3 heterocycles. The number of carbonyl (C=O) groups is 1. The summed E-state index contributed by atoms with van der Waals surface area (Å²) in [5, 5.41) is 2.74. The predicted molar refractivity (Wildman–Crippen MR) is 113 cm³/mol. The highest BCUT2D eigenvalue weighted by Gasteiger charge is 2.39. The van der Waals surface area contributed by atoms with Crippen molar-refractivity contribution in [2.24, 2.45) is 12.0 Å². The first-order valence-corrected chi connectivity index (χ1v) is 12.3. The number of hydrogen-bond acceptors (Lipinski definition) is 5. The maximum atomic E-state index is 12.9. The maximum Gasteiger partial charge on any atom is 0.266 e. The first-order valence-electron chi connectivity index (χ1n) is 8.38. The number of sulfonamides is 1. The number of benzene rings is 1. The molecule has 0 saturated carbocycles. The van der Waals surface area contributed by atoms with Crippen LogP contribution in [0.25, 0.3) is 10.2 Å². The highest BCUT2D eigenvalue weighted by Crippen LogP contribution is 2.32. The van der Waals surface area contributed by atoms with Crippen molar-refractivity contribution in [2.75, 3.05) is 6.54 Å². The Bertz CT molecular complexity index is 1230. The molecule has 1 aliphatic rings. The van der Waals surface area contributed by atoms with Crippen LogP contribution in [0.3, 0.4) is 0 Å². The Morgan fingerprint density at radius 3 is 2.68 bits per heavy atom. The quantitative estimate of drug-likeness (QED) is 0.576. The Hall–Kier alpha value is -1.23. The summed E-state index contributed by atoms with van der Waals surface area (Å²) in [6.45, 7) is 0.308. The van der Waals surface area contributed by atoms with Gasteiger partial charge < -0.3 is 4.57 Å². The summed E-state index contributed by atoms with van der Waals surface area (Å²) in [4.78, 5) is 17.6. The number of halogens is 2. The zero-order chi connectivity index (χ0) is 20.1. The SMILES string of the molecule is Cn1c(=NC(=O)C2CCCN2S(=O)(=O)c2cccs2)sc2c(Cl)ccc(Cl)c21. The van der Waals surface area contributed by atoms with Crippen LogP contribution in [0, 0.1) is 0 Å². The van der Waals surface area contributed by atoms with Gasteiger partial charge in [0.1, 0.15) is 10.3 Å². The lowest BCUT2D eigenvalue weighted by atomic mass is 10.2. The van der Waals surface area contributed by atoms with Crippen LogP contribution < -0.4 is 4.80 Å². The van der Waals surface area contributed by atoms with Gasteiger partial charge in [0, 0.05) is 13.6 Å². The van der Waals surface area contributed by atoms with Crippen LogP contribution in [0.5, 0.6) is 0 Å². The fraction of sp³-hybridized carbons (Fsp3) is 0.294. The van der Waals surface area contributed by atoms with Crippen LogP contribution in [-0.2, 0) is 21.9 Å². The zero-order valence-corrected chi connectivity index (χ0v) is 18.6. The lowest BCUT2D eigenvalue weighted by molar-refractivity contribution is -0.121. The molecule has 11 heteroatoms. The van der Waals surface area contributed by atoms with E-state index in [1.54, 1.807) is 41.3 Å². The van der Waals surface area contributed by atoms with Crippen molar-refractivity contribution in [1.29, 1.82) is 0 Å². The van der Waals surface area contributed by atoms with Crippen LogP contribution >= 0.6 is 45.9 Å². The van der Waals surface area contributed by atoms with E-state index in [0.29, 0.717) is 39.7 Å². The molecule has 1 fully saturated rings. The second-order valence-electron chi connectivity index (χ2n) is 6.31. The topological polar surface area (TPSA) is 71.7 Å². The van der Waals surface area contributed by atoms with Crippen LogP contribution in [0.15, 0.2) is 38.8 Å². The minimum Gasteiger partial charge on any atom is -0.318 e. The van der Waals surface area contributed by atoms with E-state index in [1.165, 1.54) is 15.6 Å². The molecule has 148 valence electrons. The van der Waals surface area contributed by atoms with Gasteiger partial charge in [-0.1, -0.05) is 40.6 Å². The van der Waals surface area contributed by atoms with Gasteiger partial charge >= 0.3 is 0 Å². The number of aromatic nitrogens is 1. The third-order valence-corrected chi connectivity index (χ3v) is 9.78. The summed E-state index contributed by atoms with van der Waals surface area (Å²) in [7, 11) is -1.95. The Balaban J connectivity index is 1.74. The third-order valence-electron chi connectivity index (χ3n) is 4.60. The normalized spacial score (nSPS) is 19.0. The monoisotopic (exact) mass is 475 g/mol. The lowest BCUT2D eigenvalue weighted by Crippen LogP contribution is -2.40. The Morgan fingerprint density at radius 1 is 1.25 bits per heavy atom. The fourth-order valence-corrected chi connectivity index (χ4v) is 7.69. The molecule has 1 atom stereocenters. The highest BCUT2D eigenvalue weighted by molar-refractivity contribution is 7.91. The largest absolute Gasteiger partial charge is 0.318 e. The standard InChI is InChI=1S/C17H15Cl2N3O3S3/c1-21-14-10(18)6-7-11(19)15(14)27-17(21)20-16(23)12-4-2-8-22(12)28(24,25)13-5-3-9-26-13/h3,5-7,9,12H,2,4,8H2,1H3. The zero-order valence-electron chi connectivity index (χ0n) is 14.6. The lowest BCUT2D eigenvalue weighted by Gasteiger charge is -2.20. The van der Waals surface area contributed by atoms with E-state index in [4.69, 9.17) is 23.2 Å². The van der Waals surface area contributed by atoms with Gasteiger partial charge in [0.25, 0.3) is 15.9 Å². The summed E-state index contributed by atoms with van der Waals surface area (Å²) in [5.41, 5.74) is 0.695. The minimum absolute atomic E-state index is 0.234. The van der Waals surface area contributed by atoms with Gasteiger partial charge in [0.2, 0.25) is 0 Å². The number of thiophene rings is 1. The van der Waals surface area contributed by atoms with Crippen molar-refractivity contribution in [2.45, 2.75) is 23.1 Å². The van der Waals surface area contributed by atoms with Gasteiger partial charge in [0.15, 0.2) is 4.80 Å². The molecule has 0 spiro atoms.